The van der Waals surface area contributed by atoms with Crippen LogP contribution in [0, 0.1) is 0 Å². The topological polar surface area (TPSA) is 68.2 Å². The van der Waals surface area contributed by atoms with E-state index in [4.69, 9.17) is 14.2 Å². The van der Waals surface area contributed by atoms with Gasteiger partial charge in [-0.25, -0.2) is 4.79 Å². The standard InChI is InChI=1S/C13H23NO5/c1-5-17-9-6-14(12(16)19-13(2,3)4)10-8(15)7-18-11(9)10/h8-11,15H,5-7H2,1-4H3. The van der Waals surface area contributed by atoms with E-state index in [9.17, 15) is 9.90 Å². The molecule has 1 N–H and O–H groups in total. The summed E-state index contributed by atoms with van der Waals surface area (Å²) >= 11 is 0. The molecule has 2 fully saturated rings. The molecule has 1 amide bonds. The van der Waals surface area contributed by atoms with Crippen LogP contribution in [0.4, 0.5) is 4.79 Å². The predicted octanol–water partition coefficient (Wildman–Crippen LogP) is 0.770. The van der Waals surface area contributed by atoms with E-state index in [-0.39, 0.29) is 24.9 Å². The summed E-state index contributed by atoms with van der Waals surface area (Å²) < 4.78 is 16.5. The van der Waals surface area contributed by atoms with Crippen LogP contribution in [0.2, 0.25) is 0 Å². The first kappa shape index (κ1) is 14.6. The van der Waals surface area contributed by atoms with Gasteiger partial charge in [-0.15, -0.1) is 0 Å². The van der Waals surface area contributed by atoms with E-state index in [1.54, 1.807) is 0 Å². The van der Waals surface area contributed by atoms with Crippen LogP contribution < -0.4 is 0 Å². The zero-order valence-corrected chi connectivity index (χ0v) is 12.0. The number of carbonyl (C=O) groups excluding carboxylic acids is 1. The van der Waals surface area contributed by atoms with Crippen LogP contribution in [-0.2, 0) is 14.2 Å². The van der Waals surface area contributed by atoms with Gasteiger partial charge in [-0.1, -0.05) is 0 Å². The minimum absolute atomic E-state index is 0.195. The minimum Gasteiger partial charge on any atom is -0.444 e. The largest absolute Gasteiger partial charge is 0.444 e. The molecule has 4 unspecified atom stereocenters. The number of fused-ring (bicyclic) bond motifs is 1. The fourth-order valence-electron chi connectivity index (χ4n) is 2.64. The summed E-state index contributed by atoms with van der Waals surface area (Å²) in [6, 6.07) is -0.369. The maximum atomic E-state index is 12.2. The van der Waals surface area contributed by atoms with E-state index in [0.717, 1.165) is 0 Å². The smallest absolute Gasteiger partial charge is 0.410 e. The first-order valence-corrected chi connectivity index (χ1v) is 6.74. The Balaban J connectivity index is 2.09. The van der Waals surface area contributed by atoms with Gasteiger partial charge in [-0.3, -0.25) is 4.90 Å². The van der Waals surface area contributed by atoms with Crippen LogP contribution in [0.25, 0.3) is 0 Å². The number of aliphatic hydroxyl groups excluding tert-OH is 1. The van der Waals surface area contributed by atoms with Crippen LogP contribution in [0.5, 0.6) is 0 Å². The highest BCUT2D eigenvalue weighted by Crippen LogP contribution is 2.32. The summed E-state index contributed by atoms with van der Waals surface area (Å²) in [7, 11) is 0. The minimum atomic E-state index is -0.678. The molecule has 0 saturated carbocycles. The van der Waals surface area contributed by atoms with Crippen molar-refractivity contribution in [3.05, 3.63) is 0 Å². The van der Waals surface area contributed by atoms with Gasteiger partial charge in [-0.05, 0) is 27.7 Å². The molecule has 0 aliphatic carbocycles. The van der Waals surface area contributed by atoms with Crippen molar-refractivity contribution in [3.8, 4) is 0 Å². The lowest BCUT2D eigenvalue weighted by atomic mass is 10.1. The van der Waals surface area contributed by atoms with Gasteiger partial charge in [0.15, 0.2) is 0 Å². The van der Waals surface area contributed by atoms with Gasteiger partial charge in [-0.2, -0.15) is 0 Å². The van der Waals surface area contributed by atoms with Crippen molar-refractivity contribution in [2.24, 2.45) is 0 Å². The number of ether oxygens (including phenoxy) is 3. The molecule has 2 rings (SSSR count). The Morgan fingerprint density at radius 2 is 2.16 bits per heavy atom. The Bertz CT molecular complexity index is 340. The van der Waals surface area contributed by atoms with E-state index in [2.05, 4.69) is 0 Å². The Labute approximate surface area is 113 Å². The van der Waals surface area contributed by atoms with Gasteiger partial charge in [0.1, 0.15) is 23.9 Å². The first-order valence-electron chi connectivity index (χ1n) is 6.74. The van der Waals surface area contributed by atoms with Crippen LogP contribution in [0.1, 0.15) is 27.7 Å². The molecule has 0 spiro atoms. The Morgan fingerprint density at radius 1 is 1.47 bits per heavy atom. The van der Waals surface area contributed by atoms with Crippen LogP contribution in [-0.4, -0.2) is 65.8 Å². The highest BCUT2D eigenvalue weighted by molar-refractivity contribution is 5.69. The molecule has 0 aromatic heterocycles. The molecule has 0 aromatic carbocycles. The van der Waals surface area contributed by atoms with E-state index in [1.807, 2.05) is 27.7 Å². The Hall–Kier alpha value is -0.850. The van der Waals surface area contributed by atoms with Crippen LogP contribution >= 0.6 is 0 Å². The lowest BCUT2D eigenvalue weighted by molar-refractivity contribution is -0.0289. The quantitative estimate of drug-likeness (QED) is 0.805. The van der Waals surface area contributed by atoms with Gasteiger partial charge in [0.2, 0.25) is 0 Å². The monoisotopic (exact) mass is 273 g/mol. The summed E-state index contributed by atoms with van der Waals surface area (Å²) in [6.45, 7) is 8.54. The molecule has 110 valence electrons. The molecule has 2 aliphatic heterocycles. The number of aliphatic hydroxyl groups is 1. The zero-order valence-electron chi connectivity index (χ0n) is 12.0. The van der Waals surface area contributed by atoms with Crippen molar-refractivity contribution in [3.63, 3.8) is 0 Å². The molecular formula is C13H23NO5. The summed E-state index contributed by atoms with van der Waals surface area (Å²) in [5, 5.41) is 9.97. The third-order valence-corrected chi connectivity index (χ3v) is 3.30. The molecule has 2 saturated heterocycles. The average molecular weight is 273 g/mol. The van der Waals surface area contributed by atoms with Crippen molar-refractivity contribution in [2.75, 3.05) is 19.8 Å². The molecule has 0 radical (unpaired) electrons. The van der Waals surface area contributed by atoms with Gasteiger partial charge in [0, 0.05) is 6.61 Å². The van der Waals surface area contributed by atoms with Crippen molar-refractivity contribution in [1.29, 1.82) is 0 Å². The average Bonchev–Trinajstić information content (AvgIpc) is 2.80. The van der Waals surface area contributed by atoms with Crippen LogP contribution in [0.3, 0.4) is 0 Å². The van der Waals surface area contributed by atoms with E-state index in [0.29, 0.717) is 13.2 Å². The molecular weight excluding hydrogens is 250 g/mol. The van der Waals surface area contributed by atoms with E-state index < -0.39 is 17.8 Å². The fourth-order valence-corrected chi connectivity index (χ4v) is 2.64. The molecule has 19 heavy (non-hydrogen) atoms. The highest BCUT2D eigenvalue weighted by Gasteiger charge is 2.53. The normalized spacial score (nSPS) is 34.5. The molecule has 0 bridgehead atoms. The number of carbonyl (C=O) groups is 1. The van der Waals surface area contributed by atoms with E-state index in [1.165, 1.54) is 4.90 Å². The van der Waals surface area contributed by atoms with Crippen molar-refractivity contribution in [2.45, 2.75) is 57.6 Å². The first-order chi connectivity index (χ1) is 8.83. The third-order valence-electron chi connectivity index (χ3n) is 3.30. The maximum Gasteiger partial charge on any atom is 0.410 e. The number of amides is 1. The van der Waals surface area contributed by atoms with Crippen molar-refractivity contribution < 1.29 is 24.1 Å². The third kappa shape index (κ3) is 3.01. The summed E-state index contributed by atoms with van der Waals surface area (Å²) in [5.74, 6) is 0. The summed E-state index contributed by atoms with van der Waals surface area (Å²) in [6.07, 6.45) is -1.56. The summed E-state index contributed by atoms with van der Waals surface area (Å²) in [5.41, 5.74) is -0.555. The summed E-state index contributed by atoms with van der Waals surface area (Å²) in [4.78, 5) is 13.7. The number of hydrogen-bond acceptors (Lipinski definition) is 5. The number of hydrogen-bond donors (Lipinski definition) is 1. The molecule has 0 aromatic rings. The Kier molecular flexibility index (Phi) is 4.03. The van der Waals surface area contributed by atoms with Crippen LogP contribution in [0.15, 0.2) is 0 Å². The Morgan fingerprint density at radius 3 is 2.74 bits per heavy atom. The molecule has 4 atom stereocenters. The second kappa shape index (κ2) is 5.26. The van der Waals surface area contributed by atoms with E-state index >= 15 is 0 Å². The predicted molar refractivity (Wildman–Crippen MR) is 67.9 cm³/mol. The molecule has 2 aliphatic rings. The number of likely N-dealkylation sites (tertiary alicyclic amines) is 1. The van der Waals surface area contributed by atoms with Gasteiger partial charge < -0.3 is 19.3 Å². The lowest BCUT2D eigenvalue weighted by Gasteiger charge is -2.28. The zero-order chi connectivity index (χ0) is 14.2. The maximum absolute atomic E-state index is 12.2. The molecule has 6 nitrogen and oxygen atoms in total. The van der Waals surface area contributed by atoms with Gasteiger partial charge >= 0.3 is 6.09 Å². The lowest BCUT2D eigenvalue weighted by Crippen LogP contribution is -2.46. The number of rotatable bonds is 2. The fraction of sp³-hybridized carbons (Fsp3) is 0.923. The molecule has 2 heterocycles. The second-order valence-corrected chi connectivity index (χ2v) is 5.98. The SMILES string of the molecule is CCOC1CN(C(=O)OC(C)(C)C)C2C(O)COC12. The van der Waals surface area contributed by atoms with Gasteiger partial charge in [0.05, 0.1) is 19.2 Å². The van der Waals surface area contributed by atoms with Crippen molar-refractivity contribution in [1.82, 2.24) is 4.90 Å². The number of nitrogens with zero attached hydrogens (tertiary/aromatic N) is 1. The highest BCUT2D eigenvalue weighted by atomic mass is 16.6. The molecule has 6 heteroatoms. The van der Waals surface area contributed by atoms with Gasteiger partial charge in [0.25, 0.3) is 0 Å². The van der Waals surface area contributed by atoms with Crippen molar-refractivity contribution >= 4 is 6.09 Å². The second-order valence-electron chi connectivity index (χ2n) is 5.98.